The van der Waals surface area contributed by atoms with Gasteiger partial charge in [0.1, 0.15) is 6.61 Å². The Balaban J connectivity index is 1.62. The van der Waals surface area contributed by atoms with Crippen LogP contribution in [0.2, 0.25) is 0 Å². The number of aromatic nitrogens is 1. The van der Waals surface area contributed by atoms with Crippen LogP contribution in [0.15, 0.2) is 40.9 Å². The van der Waals surface area contributed by atoms with Crippen LogP contribution in [0.1, 0.15) is 55.1 Å². The van der Waals surface area contributed by atoms with Crippen molar-refractivity contribution in [3.8, 4) is 5.88 Å². The number of benzene rings is 1. The van der Waals surface area contributed by atoms with Gasteiger partial charge in [0.15, 0.2) is 0 Å². The standard InChI is InChI=1S/C19H24N2O3/c1-2-21(16-11-7-4-8-12-16)19(22)17-13-18(20-24-17)23-14-15-9-5-3-6-10-15/h3,5-6,9-10,13,16H,2,4,7-8,11-12,14H2,1H3. The molecule has 1 heterocycles. The van der Waals surface area contributed by atoms with Crippen molar-refractivity contribution in [1.29, 1.82) is 0 Å². The molecule has 5 heteroatoms. The molecule has 0 unspecified atom stereocenters. The number of hydrogen-bond acceptors (Lipinski definition) is 4. The van der Waals surface area contributed by atoms with Gasteiger partial charge in [0, 0.05) is 12.6 Å². The first kappa shape index (κ1) is 16.6. The Morgan fingerprint density at radius 2 is 2.00 bits per heavy atom. The monoisotopic (exact) mass is 328 g/mol. The predicted molar refractivity (Wildman–Crippen MR) is 90.9 cm³/mol. The lowest BCUT2D eigenvalue weighted by molar-refractivity contribution is 0.0605. The van der Waals surface area contributed by atoms with E-state index in [0.29, 0.717) is 25.1 Å². The second-order valence-corrected chi connectivity index (χ2v) is 6.19. The van der Waals surface area contributed by atoms with E-state index in [1.807, 2.05) is 42.2 Å². The van der Waals surface area contributed by atoms with Crippen molar-refractivity contribution >= 4 is 5.91 Å². The minimum absolute atomic E-state index is 0.0912. The minimum atomic E-state index is -0.0912. The number of rotatable bonds is 6. The molecule has 128 valence electrons. The maximum Gasteiger partial charge on any atom is 0.292 e. The zero-order chi connectivity index (χ0) is 16.8. The van der Waals surface area contributed by atoms with Gasteiger partial charge in [-0.2, -0.15) is 0 Å². The number of ether oxygens (including phenoxy) is 1. The van der Waals surface area contributed by atoms with E-state index >= 15 is 0 Å². The molecule has 0 radical (unpaired) electrons. The normalized spacial score (nSPS) is 15.2. The van der Waals surface area contributed by atoms with Crippen LogP contribution in [0.4, 0.5) is 0 Å². The molecule has 3 rings (SSSR count). The first-order chi connectivity index (χ1) is 11.8. The van der Waals surface area contributed by atoms with Crippen molar-refractivity contribution in [3.63, 3.8) is 0 Å². The van der Waals surface area contributed by atoms with Gasteiger partial charge in [-0.3, -0.25) is 4.79 Å². The molecule has 0 atom stereocenters. The lowest BCUT2D eigenvalue weighted by atomic mass is 9.94. The van der Waals surface area contributed by atoms with Crippen LogP contribution < -0.4 is 4.74 Å². The van der Waals surface area contributed by atoms with Crippen molar-refractivity contribution < 1.29 is 14.1 Å². The molecular weight excluding hydrogens is 304 g/mol. The summed E-state index contributed by atoms with van der Waals surface area (Å²) >= 11 is 0. The first-order valence-corrected chi connectivity index (χ1v) is 8.72. The molecule has 1 amide bonds. The average molecular weight is 328 g/mol. The quantitative estimate of drug-likeness (QED) is 0.803. The smallest absolute Gasteiger partial charge is 0.292 e. The zero-order valence-electron chi connectivity index (χ0n) is 14.1. The molecule has 0 spiro atoms. The number of amides is 1. The van der Waals surface area contributed by atoms with Gasteiger partial charge >= 0.3 is 0 Å². The van der Waals surface area contributed by atoms with Crippen LogP contribution in [0.5, 0.6) is 5.88 Å². The molecule has 5 nitrogen and oxygen atoms in total. The van der Waals surface area contributed by atoms with Gasteiger partial charge in [0.2, 0.25) is 5.76 Å². The largest absolute Gasteiger partial charge is 0.471 e. The van der Waals surface area contributed by atoms with Crippen molar-refractivity contribution in [2.45, 2.75) is 51.7 Å². The molecule has 1 aromatic heterocycles. The molecule has 0 bridgehead atoms. The van der Waals surface area contributed by atoms with E-state index in [0.717, 1.165) is 18.4 Å². The second-order valence-electron chi connectivity index (χ2n) is 6.19. The highest BCUT2D eigenvalue weighted by molar-refractivity contribution is 5.91. The highest BCUT2D eigenvalue weighted by atomic mass is 16.5. The van der Waals surface area contributed by atoms with Gasteiger partial charge in [-0.05, 0) is 30.5 Å². The Hall–Kier alpha value is -2.30. The van der Waals surface area contributed by atoms with Gasteiger partial charge in [-0.15, -0.1) is 0 Å². The molecule has 2 aromatic rings. The molecule has 0 aliphatic heterocycles. The fraction of sp³-hybridized carbons (Fsp3) is 0.474. The summed E-state index contributed by atoms with van der Waals surface area (Å²) < 4.78 is 10.8. The average Bonchev–Trinajstić information content (AvgIpc) is 3.11. The Kier molecular flexibility index (Phi) is 5.51. The number of nitrogens with zero attached hydrogens (tertiary/aromatic N) is 2. The van der Waals surface area contributed by atoms with E-state index < -0.39 is 0 Å². The van der Waals surface area contributed by atoms with Crippen LogP contribution in [0.25, 0.3) is 0 Å². The van der Waals surface area contributed by atoms with Gasteiger partial charge in [0.05, 0.1) is 6.07 Å². The summed E-state index contributed by atoms with van der Waals surface area (Å²) in [4.78, 5) is 14.6. The molecule has 0 N–H and O–H groups in total. The second kappa shape index (κ2) is 7.99. The topological polar surface area (TPSA) is 55.6 Å². The van der Waals surface area contributed by atoms with Gasteiger partial charge in [-0.25, -0.2) is 0 Å². The first-order valence-electron chi connectivity index (χ1n) is 8.72. The Morgan fingerprint density at radius 1 is 1.25 bits per heavy atom. The van der Waals surface area contributed by atoms with Crippen molar-refractivity contribution in [2.75, 3.05) is 6.54 Å². The lowest BCUT2D eigenvalue weighted by Gasteiger charge is -2.32. The summed E-state index contributed by atoms with van der Waals surface area (Å²) in [6.07, 6.45) is 5.80. The minimum Gasteiger partial charge on any atom is -0.471 e. The molecule has 24 heavy (non-hydrogen) atoms. The summed E-state index contributed by atoms with van der Waals surface area (Å²) in [5.41, 5.74) is 1.05. The Bertz CT molecular complexity index is 648. The summed E-state index contributed by atoms with van der Waals surface area (Å²) in [6, 6.07) is 11.7. The van der Waals surface area contributed by atoms with E-state index in [4.69, 9.17) is 9.26 Å². The van der Waals surface area contributed by atoms with E-state index in [1.165, 1.54) is 19.3 Å². The maximum atomic E-state index is 12.7. The molecule has 1 aliphatic carbocycles. The van der Waals surface area contributed by atoms with Crippen molar-refractivity contribution in [2.24, 2.45) is 0 Å². The molecule has 1 saturated carbocycles. The van der Waals surface area contributed by atoms with Crippen LogP contribution in [-0.4, -0.2) is 28.6 Å². The third kappa shape index (κ3) is 3.96. The van der Waals surface area contributed by atoms with E-state index in [2.05, 4.69) is 5.16 Å². The molecule has 1 aromatic carbocycles. The van der Waals surface area contributed by atoms with Gasteiger partial charge in [-0.1, -0.05) is 49.6 Å². The van der Waals surface area contributed by atoms with E-state index in [-0.39, 0.29) is 11.7 Å². The van der Waals surface area contributed by atoms with Crippen LogP contribution in [0, 0.1) is 0 Å². The van der Waals surface area contributed by atoms with Crippen LogP contribution in [0.3, 0.4) is 0 Å². The van der Waals surface area contributed by atoms with Gasteiger partial charge in [0.25, 0.3) is 11.8 Å². The number of carbonyl (C=O) groups excluding carboxylic acids is 1. The number of carbonyl (C=O) groups is 1. The van der Waals surface area contributed by atoms with Crippen LogP contribution >= 0.6 is 0 Å². The SMILES string of the molecule is CCN(C(=O)c1cc(OCc2ccccc2)no1)C1CCCCC1. The fourth-order valence-electron chi connectivity index (χ4n) is 3.26. The summed E-state index contributed by atoms with van der Waals surface area (Å²) in [5.74, 6) is 0.513. The van der Waals surface area contributed by atoms with E-state index in [1.54, 1.807) is 6.07 Å². The fourth-order valence-corrected chi connectivity index (χ4v) is 3.26. The summed E-state index contributed by atoms with van der Waals surface area (Å²) in [6.45, 7) is 3.10. The van der Waals surface area contributed by atoms with Gasteiger partial charge < -0.3 is 14.2 Å². The highest BCUT2D eigenvalue weighted by Gasteiger charge is 2.27. The lowest BCUT2D eigenvalue weighted by Crippen LogP contribution is -2.41. The molecular formula is C19H24N2O3. The van der Waals surface area contributed by atoms with Crippen LogP contribution in [-0.2, 0) is 6.61 Å². The molecule has 1 aliphatic rings. The highest BCUT2D eigenvalue weighted by Crippen LogP contribution is 2.24. The third-order valence-corrected chi connectivity index (χ3v) is 4.55. The zero-order valence-corrected chi connectivity index (χ0v) is 14.1. The summed E-state index contributed by atoms with van der Waals surface area (Å²) in [5, 5.41) is 3.87. The summed E-state index contributed by atoms with van der Waals surface area (Å²) in [7, 11) is 0. The Morgan fingerprint density at radius 3 is 2.71 bits per heavy atom. The molecule has 0 saturated heterocycles. The molecule has 1 fully saturated rings. The third-order valence-electron chi connectivity index (χ3n) is 4.55. The maximum absolute atomic E-state index is 12.7. The predicted octanol–water partition coefficient (Wildman–Crippen LogP) is 4.05. The van der Waals surface area contributed by atoms with E-state index in [9.17, 15) is 4.79 Å². The number of hydrogen-bond donors (Lipinski definition) is 0. The van der Waals surface area contributed by atoms with Crippen molar-refractivity contribution in [3.05, 3.63) is 47.7 Å². The van der Waals surface area contributed by atoms with Crippen molar-refractivity contribution in [1.82, 2.24) is 10.1 Å². The Labute approximate surface area is 142 Å².